The van der Waals surface area contributed by atoms with E-state index < -0.39 is 0 Å². The zero-order chi connectivity index (χ0) is 69.8. The minimum atomic E-state index is 0.548. The van der Waals surface area contributed by atoms with Crippen LogP contribution in [0.1, 0.15) is 0 Å². The Kier molecular flexibility index (Phi) is 14.1. The highest BCUT2D eigenvalue weighted by molar-refractivity contribution is 6.18. The van der Waals surface area contributed by atoms with Crippen molar-refractivity contribution in [3.63, 3.8) is 0 Å². The van der Waals surface area contributed by atoms with Gasteiger partial charge in [0.05, 0.1) is 45.5 Å². The van der Waals surface area contributed by atoms with Crippen LogP contribution in [0.2, 0.25) is 0 Å². The molecule has 0 bridgehead atoms. The predicted octanol–water partition coefficient (Wildman–Crippen LogP) is 26.4. The summed E-state index contributed by atoms with van der Waals surface area (Å²) in [4.78, 5) is 32.9. The van der Waals surface area contributed by atoms with Crippen molar-refractivity contribution < 1.29 is 0 Å². The Morgan fingerprint density at radius 2 is 0.321 bits per heavy atom. The second-order valence-electron chi connectivity index (χ2n) is 27.1. The molecule has 6 heterocycles. The molecule has 2 aromatic heterocycles. The van der Waals surface area contributed by atoms with E-state index in [1.165, 1.54) is 0 Å². The SMILES string of the molecule is c1ccc(-c2nc(-c3ccccc3)nc(-c3ccc(-c4c(N5c6ccccc6-c6ccccc6-c6ccccc65)c(N5c6ccccc6-c6ccccc6-c6ccccc65)nc(N5c6ccccc6-c6ccccc6-c6ccccc65)c4N4c5ccccc5-c5ccccc5-c5ccccc54)cc3)n2)cc1. The van der Waals surface area contributed by atoms with E-state index in [0.717, 1.165) is 174 Å². The van der Waals surface area contributed by atoms with E-state index in [0.29, 0.717) is 29.1 Å². The predicted molar refractivity (Wildman–Crippen MR) is 436 cm³/mol. The van der Waals surface area contributed by atoms with Crippen LogP contribution >= 0.6 is 0 Å². The fraction of sp³-hybridized carbons (Fsp3) is 0. The van der Waals surface area contributed by atoms with Crippen molar-refractivity contribution in [3.8, 4) is 134 Å². The van der Waals surface area contributed by atoms with Gasteiger partial charge in [-0.3, -0.25) is 9.80 Å². The van der Waals surface area contributed by atoms with Crippen LogP contribution in [0.3, 0.4) is 0 Å². The van der Waals surface area contributed by atoms with Crippen LogP contribution in [0, 0.1) is 0 Å². The molecule has 106 heavy (non-hydrogen) atoms. The van der Waals surface area contributed by atoms with Crippen LogP contribution in [-0.2, 0) is 0 Å². The van der Waals surface area contributed by atoms with E-state index in [-0.39, 0.29) is 0 Å². The maximum atomic E-state index is 6.90. The van der Waals surface area contributed by atoms with Crippen LogP contribution in [-0.4, -0.2) is 19.9 Å². The molecule has 17 aromatic rings. The van der Waals surface area contributed by atoms with E-state index in [2.05, 4.69) is 359 Å². The Morgan fingerprint density at radius 3 is 0.557 bits per heavy atom. The van der Waals surface area contributed by atoms with Crippen LogP contribution in [0.4, 0.5) is 68.5 Å². The van der Waals surface area contributed by atoms with Gasteiger partial charge in [0.25, 0.3) is 0 Å². The zero-order valence-electron chi connectivity index (χ0n) is 57.4. The first-order valence-electron chi connectivity index (χ1n) is 36.0. The molecule has 0 unspecified atom stereocenters. The molecule has 0 saturated heterocycles. The van der Waals surface area contributed by atoms with Crippen molar-refractivity contribution in [2.24, 2.45) is 0 Å². The highest BCUT2D eigenvalue weighted by atomic mass is 15.3. The summed E-state index contributed by atoms with van der Waals surface area (Å²) in [6, 6.07) is 137. The molecule has 0 aliphatic carbocycles. The number of benzene rings is 15. The molecule has 8 nitrogen and oxygen atoms in total. The zero-order valence-corrected chi connectivity index (χ0v) is 57.4. The number of anilines is 12. The van der Waals surface area contributed by atoms with Gasteiger partial charge in [-0.1, -0.05) is 328 Å². The van der Waals surface area contributed by atoms with Gasteiger partial charge in [-0.15, -0.1) is 0 Å². The topological polar surface area (TPSA) is 64.5 Å². The van der Waals surface area contributed by atoms with Gasteiger partial charge in [0.2, 0.25) is 0 Å². The summed E-state index contributed by atoms with van der Waals surface area (Å²) >= 11 is 0. The summed E-state index contributed by atoms with van der Waals surface area (Å²) in [5.74, 6) is 3.10. The molecule has 4 aliphatic heterocycles. The third-order valence-corrected chi connectivity index (χ3v) is 21.3. The lowest BCUT2D eigenvalue weighted by Gasteiger charge is -2.40. The highest BCUT2D eigenvalue weighted by Gasteiger charge is 2.42. The third-order valence-electron chi connectivity index (χ3n) is 21.3. The Balaban J connectivity index is 0.995. The standard InChI is InChI=1S/C98H62N8/c1-3-31-64(32-4-1)94-99-95(65-33-5-2-6-34-65)101-96(100-94)66-61-59-63(60-62-66)91-92(103-83-51-23-15-43-75(83)67-35-7-8-36-68(67)76-44-16-24-52-84(76)103)97(105-87-55-27-19-47-79(87)71-39-11-12-40-72(71)80-48-20-28-56-88(80)105)102-98(106-89-57-29-21-49-81(89)73-41-13-14-42-74(73)82-50-22-30-58-90(82)106)93(91)104-85-53-25-17-45-77(85)69-37-9-10-38-70(69)78-46-18-26-54-86(78)104/h1-62H. The average Bonchev–Trinajstić information content (AvgIpc) is 1.31. The molecule has 0 atom stereocenters. The molecule has 0 spiro atoms. The summed E-state index contributed by atoms with van der Waals surface area (Å²) in [6.45, 7) is 0. The van der Waals surface area contributed by atoms with E-state index >= 15 is 0 Å². The van der Waals surface area contributed by atoms with Crippen molar-refractivity contribution in [2.75, 3.05) is 19.6 Å². The number of aromatic nitrogens is 4. The van der Waals surface area contributed by atoms with E-state index in [1.807, 2.05) is 36.4 Å². The number of pyridine rings is 1. The lowest BCUT2D eigenvalue weighted by molar-refractivity contribution is 1.07. The minimum absolute atomic E-state index is 0.548. The van der Waals surface area contributed by atoms with E-state index in [1.54, 1.807) is 0 Å². The van der Waals surface area contributed by atoms with Gasteiger partial charge < -0.3 is 9.80 Å². The highest BCUT2D eigenvalue weighted by Crippen LogP contribution is 2.66. The van der Waals surface area contributed by atoms with Gasteiger partial charge in [-0.25, -0.2) is 19.9 Å². The Hall–Kier alpha value is -14.3. The molecule has 0 saturated carbocycles. The summed E-state index contributed by atoms with van der Waals surface area (Å²) < 4.78 is 0. The van der Waals surface area contributed by atoms with Crippen LogP contribution in [0.15, 0.2) is 376 Å². The second kappa shape index (κ2) is 24.7. The first-order chi connectivity index (χ1) is 52.7. The molecule has 0 fully saturated rings. The number of para-hydroxylation sites is 8. The molecule has 21 rings (SSSR count). The summed E-state index contributed by atoms with van der Waals surface area (Å²) in [7, 11) is 0. The summed E-state index contributed by atoms with van der Waals surface area (Å²) in [5.41, 5.74) is 31.5. The van der Waals surface area contributed by atoms with Crippen molar-refractivity contribution in [3.05, 3.63) is 376 Å². The number of hydrogen-bond donors (Lipinski definition) is 0. The van der Waals surface area contributed by atoms with E-state index in [9.17, 15) is 0 Å². The molecule has 0 radical (unpaired) electrons. The van der Waals surface area contributed by atoms with Crippen molar-refractivity contribution >= 4 is 68.5 Å². The maximum Gasteiger partial charge on any atom is 0.165 e. The van der Waals surface area contributed by atoms with E-state index in [4.69, 9.17) is 19.9 Å². The van der Waals surface area contributed by atoms with Crippen molar-refractivity contribution in [1.82, 2.24) is 19.9 Å². The molecule has 8 heteroatoms. The van der Waals surface area contributed by atoms with Gasteiger partial charge in [-0.05, 0) is 98.6 Å². The van der Waals surface area contributed by atoms with Gasteiger partial charge in [0.15, 0.2) is 29.1 Å². The van der Waals surface area contributed by atoms with Gasteiger partial charge in [0, 0.05) is 66.8 Å². The lowest BCUT2D eigenvalue weighted by atomic mass is 9.95. The smallest absolute Gasteiger partial charge is 0.165 e. The largest absolute Gasteiger partial charge is 0.305 e. The molecular formula is C98H62N8. The second-order valence-corrected chi connectivity index (χ2v) is 27.1. The number of nitrogens with zero attached hydrogens (tertiary/aromatic N) is 8. The average molecular weight is 1350 g/mol. The van der Waals surface area contributed by atoms with Crippen molar-refractivity contribution in [1.29, 1.82) is 0 Å². The Labute approximate surface area is 614 Å². The fourth-order valence-corrected chi connectivity index (χ4v) is 16.7. The Morgan fingerprint density at radius 1 is 0.142 bits per heavy atom. The molecular weight excluding hydrogens is 1290 g/mol. The van der Waals surface area contributed by atoms with Crippen LogP contribution in [0.5, 0.6) is 0 Å². The quantitative estimate of drug-likeness (QED) is 0.149. The van der Waals surface area contributed by atoms with Crippen LogP contribution in [0.25, 0.3) is 134 Å². The first-order valence-corrected chi connectivity index (χ1v) is 36.0. The molecule has 494 valence electrons. The molecule has 0 N–H and O–H groups in total. The monoisotopic (exact) mass is 1350 g/mol. The summed E-state index contributed by atoms with van der Waals surface area (Å²) in [6.07, 6.45) is 0. The van der Waals surface area contributed by atoms with Gasteiger partial charge >= 0.3 is 0 Å². The van der Waals surface area contributed by atoms with Gasteiger partial charge in [0.1, 0.15) is 11.4 Å². The number of fused-ring (bicyclic) bond motifs is 20. The lowest BCUT2D eigenvalue weighted by Crippen LogP contribution is -2.25. The number of hydrogen-bond acceptors (Lipinski definition) is 8. The molecule has 4 aliphatic rings. The van der Waals surface area contributed by atoms with Gasteiger partial charge in [-0.2, -0.15) is 0 Å². The fourth-order valence-electron chi connectivity index (χ4n) is 16.7. The minimum Gasteiger partial charge on any atom is -0.305 e. The third kappa shape index (κ3) is 9.55. The normalized spacial score (nSPS) is 12.5. The first kappa shape index (κ1) is 60.4. The summed E-state index contributed by atoms with van der Waals surface area (Å²) in [5, 5.41) is 0. The van der Waals surface area contributed by atoms with Crippen LogP contribution < -0.4 is 19.6 Å². The Bertz CT molecular complexity index is 5760. The maximum absolute atomic E-state index is 6.90. The number of rotatable bonds is 8. The molecule has 0 amide bonds. The van der Waals surface area contributed by atoms with Crippen molar-refractivity contribution in [2.45, 2.75) is 0 Å². The molecule has 15 aromatic carbocycles.